The van der Waals surface area contributed by atoms with E-state index in [1.54, 1.807) is 24.7 Å². The minimum absolute atomic E-state index is 0.0448. The standard InChI is InChI=1S/C17H18FN5O/c18-15-6-2-1-4-13(15)11-24-14-5-3-8-22(10-14)16-17-21-20-12-23(17)9-7-19-16/h1-2,4,6-7,9,12,14H,3,5,8,10-11H2/t14-/m0/s1. The van der Waals surface area contributed by atoms with Crippen molar-refractivity contribution >= 4 is 11.5 Å². The molecule has 0 aliphatic carbocycles. The Morgan fingerprint density at radius 3 is 3.12 bits per heavy atom. The summed E-state index contributed by atoms with van der Waals surface area (Å²) in [6.07, 6.45) is 7.24. The highest BCUT2D eigenvalue weighted by atomic mass is 19.1. The van der Waals surface area contributed by atoms with Crippen LogP contribution in [0.15, 0.2) is 43.0 Å². The lowest BCUT2D eigenvalue weighted by atomic mass is 10.1. The fourth-order valence-corrected chi connectivity index (χ4v) is 3.06. The quantitative estimate of drug-likeness (QED) is 0.737. The molecule has 7 heteroatoms. The fraction of sp³-hybridized carbons (Fsp3) is 0.353. The molecule has 0 N–H and O–H groups in total. The topological polar surface area (TPSA) is 55.5 Å². The van der Waals surface area contributed by atoms with Crippen LogP contribution in [0.25, 0.3) is 5.65 Å². The van der Waals surface area contributed by atoms with E-state index in [2.05, 4.69) is 20.1 Å². The van der Waals surface area contributed by atoms with E-state index >= 15 is 0 Å². The molecule has 0 bridgehead atoms. The Balaban J connectivity index is 1.46. The van der Waals surface area contributed by atoms with Crippen LogP contribution >= 0.6 is 0 Å². The predicted octanol–water partition coefficient (Wildman–Crippen LogP) is 2.45. The molecule has 1 fully saturated rings. The molecule has 3 aromatic rings. The molecule has 24 heavy (non-hydrogen) atoms. The van der Waals surface area contributed by atoms with Crippen LogP contribution in [0.5, 0.6) is 0 Å². The van der Waals surface area contributed by atoms with Crippen molar-refractivity contribution in [2.45, 2.75) is 25.6 Å². The van der Waals surface area contributed by atoms with E-state index in [9.17, 15) is 4.39 Å². The Hall–Kier alpha value is -2.54. The zero-order valence-electron chi connectivity index (χ0n) is 13.2. The average molecular weight is 327 g/mol. The van der Waals surface area contributed by atoms with Crippen molar-refractivity contribution in [1.82, 2.24) is 19.6 Å². The maximum absolute atomic E-state index is 13.7. The van der Waals surface area contributed by atoms with Crippen LogP contribution in [0.3, 0.4) is 0 Å². The van der Waals surface area contributed by atoms with Crippen molar-refractivity contribution in [3.63, 3.8) is 0 Å². The number of hydrogen-bond acceptors (Lipinski definition) is 5. The van der Waals surface area contributed by atoms with E-state index in [-0.39, 0.29) is 18.5 Å². The third-order valence-electron chi connectivity index (χ3n) is 4.31. The normalized spacial score (nSPS) is 18.2. The van der Waals surface area contributed by atoms with Gasteiger partial charge in [0.15, 0.2) is 5.82 Å². The van der Waals surface area contributed by atoms with Gasteiger partial charge in [0, 0.05) is 31.0 Å². The van der Waals surface area contributed by atoms with Crippen LogP contribution in [-0.4, -0.2) is 38.8 Å². The second-order valence-electron chi connectivity index (χ2n) is 5.93. The Morgan fingerprint density at radius 1 is 1.29 bits per heavy atom. The Bertz CT molecular complexity index is 836. The maximum Gasteiger partial charge on any atom is 0.203 e. The van der Waals surface area contributed by atoms with Gasteiger partial charge >= 0.3 is 0 Å². The molecule has 1 aliphatic heterocycles. The van der Waals surface area contributed by atoms with Crippen molar-refractivity contribution < 1.29 is 9.13 Å². The van der Waals surface area contributed by atoms with Crippen LogP contribution in [0, 0.1) is 5.82 Å². The summed E-state index contributed by atoms with van der Waals surface area (Å²) >= 11 is 0. The Morgan fingerprint density at radius 2 is 2.21 bits per heavy atom. The lowest BCUT2D eigenvalue weighted by molar-refractivity contribution is 0.0300. The summed E-state index contributed by atoms with van der Waals surface area (Å²) in [5.41, 5.74) is 1.33. The zero-order chi connectivity index (χ0) is 16.4. The van der Waals surface area contributed by atoms with Gasteiger partial charge in [-0.25, -0.2) is 9.37 Å². The van der Waals surface area contributed by atoms with Crippen molar-refractivity contribution in [3.8, 4) is 0 Å². The average Bonchev–Trinajstić information content (AvgIpc) is 3.10. The Labute approximate surface area is 138 Å². The molecule has 1 aliphatic rings. The van der Waals surface area contributed by atoms with Gasteiger partial charge in [0.1, 0.15) is 12.1 Å². The van der Waals surface area contributed by atoms with E-state index in [0.29, 0.717) is 12.1 Å². The Kier molecular flexibility index (Phi) is 4.08. The van der Waals surface area contributed by atoms with Crippen molar-refractivity contribution in [1.29, 1.82) is 0 Å². The van der Waals surface area contributed by atoms with E-state index < -0.39 is 0 Å². The molecule has 0 radical (unpaired) electrons. The van der Waals surface area contributed by atoms with Crippen LogP contribution in [0.1, 0.15) is 18.4 Å². The maximum atomic E-state index is 13.7. The third-order valence-corrected chi connectivity index (χ3v) is 4.31. The van der Waals surface area contributed by atoms with Crippen molar-refractivity contribution in [2.24, 2.45) is 0 Å². The predicted molar refractivity (Wildman–Crippen MR) is 87.2 cm³/mol. The molecule has 124 valence electrons. The first kappa shape index (κ1) is 15.0. The number of anilines is 1. The first-order valence-electron chi connectivity index (χ1n) is 8.05. The zero-order valence-corrected chi connectivity index (χ0v) is 13.2. The molecular weight excluding hydrogens is 309 g/mol. The van der Waals surface area contributed by atoms with Gasteiger partial charge in [0.05, 0.1) is 12.7 Å². The molecule has 1 atom stereocenters. The number of rotatable bonds is 4. The molecule has 1 aromatic carbocycles. The van der Waals surface area contributed by atoms with Crippen LogP contribution in [-0.2, 0) is 11.3 Å². The summed E-state index contributed by atoms with van der Waals surface area (Å²) in [6.45, 7) is 1.90. The number of hydrogen-bond donors (Lipinski definition) is 0. The molecular formula is C17H18FN5O. The lowest BCUT2D eigenvalue weighted by Gasteiger charge is -2.33. The number of piperidine rings is 1. The molecule has 2 aromatic heterocycles. The summed E-state index contributed by atoms with van der Waals surface area (Å²) in [5, 5.41) is 8.08. The first-order valence-corrected chi connectivity index (χ1v) is 8.05. The summed E-state index contributed by atoms with van der Waals surface area (Å²) in [5.74, 6) is 0.592. The SMILES string of the molecule is Fc1ccccc1CO[C@H]1CCCN(c2nccn3cnnc23)C1. The van der Waals surface area contributed by atoms with Crippen LogP contribution in [0.2, 0.25) is 0 Å². The summed E-state index contributed by atoms with van der Waals surface area (Å²) < 4.78 is 21.5. The molecule has 6 nitrogen and oxygen atoms in total. The van der Waals surface area contributed by atoms with Gasteiger partial charge in [-0.1, -0.05) is 18.2 Å². The second-order valence-corrected chi connectivity index (χ2v) is 5.93. The number of nitrogens with zero attached hydrogens (tertiary/aromatic N) is 5. The van der Waals surface area contributed by atoms with Gasteiger partial charge in [-0.05, 0) is 18.9 Å². The molecule has 0 spiro atoms. The van der Waals surface area contributed by atoms with E-state index in [0.717, 1.165) is 30.9 Å². The minimum Gasteiger partial charge on any atom is -0.372 e. The van der Waals surface area contributed by atoms with Crippen molar-refractivity contribution in [2.75, 3.05) is 18.0 Å². The van der Waals surface area contributed by atoms with Gasteiger partial charge < -0.3 is 9.64 Å². The smallest absolute Gasteiger partial charge is 0.203 e. The highest BCUT2D eigenvalue weighted by molar-refractivity contribution is 5.63. The van der Waals surface area contributed by atoms with E-state index in [4.69, 9.17) is 4.74 Å². The molecule has 4 rings (SSSR count). The number of benzene rings is 1. The van der Waals surface area contributed by atoms with Gasteiger partial charge in [-0.3, -0.25) is 4.40 Å². The summed E-state index contributed by atoms with van der Waals surface area (Å²) in [4.78, 5) is 6.62. The number of halogens is 1. The minimum atomic E-state index is -0.222. The number of aromatic nitrogens is 4. The van der Waals surface area contributed by atoms with Gasteiger partial charge in [-0.2, -0.15) is 0 Å². The molecule has 1 saturated heterocycles. The largest absolute Gasteiger partial charge is 0.372 e. The van der Waals surface area contributed by atoms with Crippen LogP contribution < -0.4 is 4.90 Å². The van der Waals surface area contributed by atoms with Gasteiger partial charge in [0.2, 0.25) is 5.65 Å². The van der Waals surface area contributed by atoms with E-state index in [1.807, 2.05) is 16.7 Å². The molecule has 0 saturated carbocycles. The summed E-state index contributed by atoms with van der Waals surface area (Å²) in [7, 11) is 0. The highest BCUT2D eigenvalue weighted by Gasteiger charge is 2.24. The number of fused-ring (bicyclic) bond motifs is 1. The highest BCUT2D eigenvalue weighted by Crippen LogP contribution is 2.23. The molecule has 0 unspecified atom stereocenters. The molecule has 0 amide bonds. The molecule has 3 heterocycles. The third kappa shape index (κ3) is 2.94. The van der Waals surface area contributed by atoms with E-state index in [1.165, 1.54) is 6.07 Å². The first-order chi connectivity index (χ1) is 11.8. The summed E-state index contributed by atoms with van der Waals surface area (Å²) in [6, 6.07) is 6.73. The van der Waals surface area contributed by atoms with Gasteiger partial charge in [-0.15, -0.1) is 10.2 Å². The second kappa shape index (κ2) is 6.52. The van der Waals surface area contributed by atoms with Crippen molar-refractivity contribution in [3.05, 3.63) is 54.4 Å². The van der Waals surface area contributed by atoms with Gasteiger partial charge in [0.25, 0.3) is 0 Å². The lowest BCUT2D eigenvalue weighted by Crippen LogP contribution is -2.40. The van der Waals surface area contributed by atoms with Crippen LogP contribution in [0.4, 0.5) is 10.2 Å². The number of ether oxygens (including phenoxy) is 1. The fourth-order valence-electron chi connectivity index (χ4n) is 3.06. The monoisotopic (exact) mass is 327 g/mol.